The lowest BCUT2D eigenvalue weighted by atomic mass is 10.1. The summed E-state index contributed by atoms with van der Waals surface area (Å²) in [5.74, 6) is 0. The molecule has 1 N–H and O–H groups in total. The second-order valence-electron chi connectivity index (χ2n) is 9.29. The lowest BCUT2D eigenvalue weighted by Crippen LogP contribution is -2.57. The molecule has 7 nitrogen and oxygen atoms in total. The highest BCUT2D eigenvalue weighted by atomic mass is 16.6. The Morgan fingerprint density at radius 2 is 1.30 bits per heavy atom. The molecule has 7 heteroatoms. The average molecular weight is 386 g/mol. The van der Waals surface area contributed by atoms with E-state index in [-0.39, 0.29) is 36.6 Å². The standard InChI is InChI=1S/C20H39N3O4/c1-14-8-22(9-15(2)25-14)12-18(21-19(24)27-20(5,6)7)13-23-10-16(3)26-17(4)11-23/h14-18H,8-13H2,1-7H3,(H,21,24)/t14-,15-,16-,17+,18?/m1/s1. The molecule has 5 atom stereocenters. The summed E-state index contributed by atoms with van der Waals surface area (Å²) in [6.07, 6.45) is 0.480. The van der Waals surface area contributed by atoms with E-state index in [0.29, 0.717) is 0 Å². The van der Waals surface area contributed by atoms with Gasteiger partial charge in [0.05, 0.1) is 30.5 Å². The fraction of sp³-hybridized carbons (Fsp3) is 0.950. The summed E-state index contributed by atoms with van der Waals surface area (Å²) in [6.45, 7) is 19.2. The van der Waals surface area contributed by atoms with Crippen molar-refractivity contribution in [3.05, 3.63) is 0 Å². The maximum Gasteiger partial charge on any atom is 0.407 e. The summed E-state index contributed by atoms with van der Waals surface area (Å²) < 4.78 is 17.2. The molecule has 0 saturated carbocycles. The molecular formula is C20H39N3O4. The van der Waals surface area contributed by atoms with Crippen LogP contribution in [0, 0.1) is 0 Å². The van der Waals surface area contributed by atoms with Crippen LogP contribution in [0.25, 0.3) is 0 Å². The van der Waals surface area contributed by atoms with Crippen LogP contribution in [-0.4, -0.2) is 91.2 Å². The third kappa shape index (κ3) is 8.34. The molecule has 158 valence electrons. The van der Waals surface area contributed by atoms with Gasteiger partial charge in [-0.1, -0.05) is 0 Å². The molecule has 0 aromatic rings. The number of hydrogen-bond donors (Lipinski definition) is 1. The number of alkyl carbamates (subject to hydrolysis) is 1. The highest BCUT2D eigenvalue weighted by Gasteiger charge is 2.29. The van der Waals surface area contributed by atoms with E-state index in [0.717, 1.165) is 39.3 Å². The Morgan fingerprint density at radius 3 is 1.63 bits per heavy atom. The number of amides is 1. The summed E-state index contributed by atoms with van der Waals surface area (Å²) in [5, 5.41) is 3.10. The number of carbonyl (C=O) groups is 1. The van der Waals surface area contributed by atoms with Crippen molar-refractivity contribution in [1.29, 1.82) is 0 Å². The van der Waals surface area contributed by atoms with Gasteiger partial charge in [-0.25, -0.2) is 4.79 Å². The predicted octanol–water partition coefficient (Wildman–Crippen LogP) is 2.10. The quantitative estimate of drug-likeness (QED) is 0.782. The molecule has 2 saturated heterocycles. The topological polar surface area (TPSA) is 63.3 Å². The molecule has 1 unspecified atom stereocenters. The zero-order valence-corrected chi connectivity index (χ0v) is 18.2. The van der Waals surface area contributed by atoms with Gasteiger partial charge in [-0.2, -0.15) is 0 Å². The maximum absolute atomic E-state index is 12.4. The van der Waals surface area contributed by atoms with Gasteiger partial charge in [-0.05, 0) is 48.5 Å². The Hall–Kier alpha value is -0.890. The summed E-state index contributed by atoms with van der Waals surface area (Å²) >= 11 is 0. The van der Waals surface area contributed by atoms with Crippen LogP contribution in [-0.2, 0) is 14.2 Å². The molecule has 2 aliphatic heterocycles. The van der Waals surface area contributed by atoms with E-state index in [4.69, 9.17) is 14.2 Å². The second kappa shape index (κ2) is 9.54. The first-order chi connectivity index (χ1) is 12.5. The number of ether oxygens (including phenoxy) is 3. The molecule has 0 bridgehead atoms. The fourth-order valence-electron chi connectivity index (χ4n) is 4.11. The van der Waals surface area contributed by atoms with Crippen molar-refractivity contribution in [2.75, 3.05) is 39.3 Å². The van der Waals surface area contributed by atoms with Gasteiger partial charge in [0.15, 0.2) is 0 Å². The van der Waals surface area contributed by atoms with Gasteiger partial charge >= 0.3 is 6.09 Å². The minimum Gasteiger partial charge on any atom is -0.444 e. The number of nitrogens with zero attached hydrogens (tertiary/aromatic N) is 2. The molecule has 1 amide bonds. The highest BCUT2D eigenvalue weighted by molar-refractivity contribution is 5.68. The Kier molecular flexibility index (Phi) is 7.92. The van der Waals surface area contributed by atoms with Crippen LogP contribution in [0.15, 0.2) is 0 Å². The molecule has 0 spiro atoms. The van der Waals surface area contributed by atoms with E-state index in [1.807, 2.05) is 20.8 Å². The van der Waals surface area contributed by atoms with Gasteiger partial charge in [-0.15, -0.1) is 0 Å². The molecule has 27 heavy (non-hydrogen) atoms. The van der Waals surface area contributed by atoms with Crippen molar-refractivity contribution >= 4 is 6.09 Å². The molecule has 2 aliphatic rings. The van der Waals surface area contributed by atoms with Gasteiger partial charge in [0.1, 0.15) is 5.60 Å². The predicted molar refractivity (Wildman–Crippen MR) is 106 cm³/mol. The molecule has 2 fully saturated rings. The van der Waals surface area contributed by atoms with E-state index >= 15 is 0 Å². The van der Waals surface area contributed by atoms with Crippen molar-refractivity contribution in [1.82, 2.24) is 15.1 Å². The smallest absolute Gasteiger partial charge is 0.407 e. The first kappa shape index (κ1) is 22.4. The summed E-state index contributed by atoms with van der Waals surface area (Å²) in [7, 11) is 0. The first-order valence-electron chi connectivity index (χ1n) is 10.3. The highest BCUT2D eigenvalue weighted by Crippen LogP contribution is 2.15. The van der Waals surface area contributed by atoms with Crippen LogP contribution in [0.1, 0.15) is 48.5 Å². The van der Waals surface area contributed by atoms with E-state index in [9.17, 15) is 4.79 Å². The molecule has 0 aromatic heterocycles. The van der Waals surface area contributed by atoms with Gasteiger partial charge in [-0.3, -0.25) is 9.80 Å². The van der Waals surface area contributed by atoms with Crippen LogP contribution in [0.5, 0.6) is 0 Å². The van der Waals surface area contributed by atoms with Crippen LogP contribution in [0.3, 0.4) is 0 Å². The van der Waals surface area contributed by atoms with Crippen molar-refractivity contribution in [2.24, 2.45) is 0 Å². The zero-order valence-electron chi connectivity index (χ0n) is 18.2. The van der Waals surface area contributed by atoms with E-state index in [1.165, 1.54) is 0 Å². The molecule has 0 aromatic carbocycles. The number of rotatable bonds is 5. The zero-order chi connectivity index (χ0) is 20.2. The fourth-order valence-corrected chi connectivity index (χ4v) is 4.11. The SMILES string of the molecule is C[C@@H]1CN(CC(CN2C[C@@H](C)O[C@@H](C)C2)NC(=O)OC(C)(C)C)C[C@@H](C)O1. The van der Waals surface area contributed by atoms with Crippen molar-refractivity contribution in [3.8, 4) is 0 Å². The monoisotopic (exact) mass is 385 g/mol. The Labute approximate surface area is 164 Å². The Morgan fingerprint density at radius 1 is 0.926 bits per heavy atom. The van der Waals surface area contributed by atoms with Gasteiger partial charge in [0.25, 0.3) is 0 Å². The number of hydrogen-bond acceptors (Lipinski definition) is 6. The molecular weight excluding hydrogens is 346 g/mol. The molecule has 2 heterocycles. The van der Waals surface area contributed by atoms with Gasteiger partial charge < -0.3 is 19.5 Å². The van der Waals surface area contributed by atoms with Crippen LogP contribution < -0.4 is 5.32 Å². The number of morpholine rings is 2. The van der Waals surface area contributed by atoms with Gasteiger partial charge in [0, 0.05) is 39.3 Å². The third-order valence-electron chi connectivity index (χ3n) is 4.67. The average Bonchev–Trinajstić information content (AvgIpc) is 2.42. The second-order valence-corrected chi connectivity index (χ2v) is 9.29. The summed E-state index contributed by atoms with van der Waals surface area (Å²) in [5.41, 5.74) is -0.501. The van der Waals surface area contributed by atoms with Crippen LogP contribution >= 0.6 is 0 Å². The third-order valence-corrected chi connectivity index (χ3v) is 4.67. The van der Waals surface area contributed by atoms with Gasteiger partial charge in [0.2, 0.25) is 0 Å². The van der Waals surface area contributed by atoms with Crippen LogP contribution in [0.4, 0.5) is 4.79 Å². The lowest BCUT2D eigenvalue weighted by molar-refractivity contribution is -0.0790. The normalized spacial score (nSPS) is 32.1. The number of nitrogens with one attached hydrogen (secondary N) is 1. The van der Waals surface area contributed by atoms with E-state index < -0.39 is 5.60 Å². The Balaban J connectivity index is 1.99. The maximum atomic E-state index is 12.4. The molecule has 0 aliphatic carbocycles. The van der Waals surface area contributed by atoms with Crippen LogP contribution in [0.2, 0.25) is 0 Å². The number of carbonyl (C=O) groups excluding carboxylic acids is 1. The van der Waals surface area contributed by atoms with Crippen molar-refractivity contribution in [2.45, 2.75) is 84.5 Å². The van der Waals surface area contributed by atoms with Crippen molar-refractivity contribution in [3.63, 3.8) is 0 Å². The minimum absolute atomic E-state index is 0.00477. The molecule has 0 radical (unpaired) electrons. The van der Waals surface area contributed by atoms with E-state index in [2.05, 4.69) is 42.8 Å². The minimum atomic E-state index is -0.501. The van der Waals surface area contributed by atoms with E-state index in [1.54, 1.807) is 0 Å². The van der Waals surface area contributed by atoms with Crippen molar-refractivity contribution < 1.29 is 19.0 Å². The lowest BCUT2D eigenvalue weighted by Gasteiger charge is -2.40. The molecule has 2 rings (SSSR count). The largest absolute Gasteiger partial charge is 0.444 e. The summed E-state index contributed by atoms with van der Waals surface area (Å²) in [4.78, 5) is 17.2. The first-order valence-corrected chi connectivity index (χ1v) is 10.3. The Bertz CT molecular complexity index is 434. The summed E-state index contributed by atoms with van der Waals surface area (Å²) in [6, 6.07) is -0.00477.